The van der Waals surface area contributed by atoms with E-state index in [1.54, 1.807) is 0 Å². The van der Waals surface area contributed by atoms with Gasteiger partial charge in [0.2, 0.25) is 5.91 Å². The van der Waals surface area contributed by atoms with E-state index in [0.29, 0.717) is 5.92 Å². The van der Waals surface area contributed by atoms with Crippen LogP contribution < -0.4 is 5.32 Å². The fraction of sp³-hybridized carbons (Fsp3) is 0.850. The minimum atomic E-state index is -0.694. The van der Waals surface area contributed by atoms with Crippen LogP contribution in [0.2, 0.25) is 0 Å². The summed E-state index contributed by atoms with van der Waals surface area (Å²) in [5.41, 5.74) is -0.694. The van der Waals surface area contributed by atoms with E-state index >= 15 is 0 Å². The number of piperazine rings is 1. The van der Waals surface area contributed by atoms with E-state index in [4.69, 9.17) is 0 Å². The summed E-state index contributed by atoms with van der Waals surface area (Å²) in [5, 5.41) is 2.91. The van der Waals surface area contributed by atoms with Gasteiger partial charge in [0.1, 0.15) is 5.54 Å². The number of hydrogen-bond acceptors (Lipinski definition) is 4. The van der Waals surface area contributed by atoms with Crippen molar-refractivity contribution in [3.05, 3.63) is 0 Å². The summed E-state index contributed by atoms with van der Waals surface area (Å²) >= 11 is 0. The number of nitrogens with zero attached hydrogens (tertiary/aromatic N) is 3. The summed E-state index contributed by atoms with van der Waals surface area (Å²) in [7, 11) is 0. The van der Waals surface area contributed by atoms with Crippen LogP contribution in [0.4, 0.5) is 4.79 Å². The molecule has 3 fully saturated rings. The van der Waals surface area contributed by atoms with Crippen LogP contribution >= 0.6 is 0 Å². The molecule has 1 spiro atoms. The Balaban J connectivity index is 1.44. The first kappa shape index (κ1) is 20.1. The molecule has 1 N–H and O–H groups in total. The number of hydrogen-bond donors (Lipinski definition) is 1. The van der Waals surface area contributed by atoms with E-state index in [1.807, 2.05) is 4.90 Å². The maximum atomic E-state index is 12.8. The Hall–Kier alpha value is -1.63. The first-order valence-electron chi connectivity index (χ1n) is 10.6. The Morgan fingerprint density at radius 1 is 1.04 bits per heavy atom. The van der Waals surface area contributed by atoms with Gasteiger partial charge in [-0.15, -0.1) is 0 Å². The molecule has 0 aromatic rings. The Morgan fingerprint density at radius 3 is 2.33 bits per heavy atom. The molecule has 2 heterocycles. The molecule has 7 nitrogen and oxygen atoms in total. The molecule has 0 radical (unpaired) electrons. The second kappa shape index (κ2) is 8.59. The number of nitrogens with one attached hydrogen (secondary N) is 1. The van der Waals surface area contributed by atoms with Crippen LogP contribution in [0.1, 0.15) is 58.8 Å². The smallest absolute Gasteiger partial charge is 0.325 e. The summed E-state index contributed by atoms with van der Waals surface area (Å²) < 4.78 is 0. The Labute approximate surface area is 162 Å². The van der Waals surface area contributed by atoms with E-state index in [9.17, 15) is 14.4 Å². The molecule has 0 aromatic carbocycles. The summed E-state index contributed by atoms with van der Waals surface area (Å²) in [5.74, 6) is 0.614. The molecule has 4 amide bonds. The highest BCUT2D eigenvalue weighted by atomic mass is 16.2. The minimum Gasteiger partial charge on any atom is -0.340 e. The zero-order valence-corrected chi connectivity index (χ0v) is 16.8. The molecule has 3 rings (SSSR count). The molecular formula is C20H34N4O3. The third-order valence-corrected chi connectivity index (χ3v) is 6.25. The van der Waals surface area contributed by atoms with E-state index in [1.165, 1.54) is 11.3 Å². The van der Waals surface area contributed by atoms with Crippen molar-refractivity contribution in [2.45, 2.75) is 64.3 Å². The molecule has 0 atom stereocenters. The lowest BCUT2D eigenvalue weighted by Gasteiger charge is -2.35. The highest BCUT2D eigenvalue weighted by Gasteiger charge is 2.51. The van der Waals surface area contributed by atoms with Gasteiger partial charge in [0.15, 0.2) is 0 Å². The van der Waals surface area contributed by atoms with Crippen LogP contribution in [-0.2, 0) is 9.59 Å². The van der Waals surface area contributed by atoms with Gasteiger partial charge in [-0.25, -0.2) is 4.79 Å². The van der Waals surface area contributed by atoms with Crippen molar-refractivity contribution >= 4 is 17.8 Å². The van der Waals surface area contributed by atoms with Crippen LogP contribution in [0.25, 0.3) is 0 Å². The lowest BCUT2D eigenvalue weighted by atomic mass is 9.82. The van der Waals surface area contributed by atoms with Gasteiger partial charge >= 0.3 is 6.03 Å². The van der Waals surface area contributed by atoms with Crippen molar-refractivity contribution in [1.29, 1.82) is 0 Å². The van der Waals surface area contributed by atoms with Crippen LogP contribution in [0.15, 0.2) is 0 Å². The Morgan fingerprint density at radius 2 is 1.70 bits per heavy atom. The number of carbonyl (C=O) groups is 3. The Kier molecular flexibility index (Phi) is 6.40. The van der Waals surface area contributed by atoms with E-state index in [2.05, 4.69) is 24.1 Å². The summed E-state index contributed by atoms with van der Waals surface area (Å²) in [6, 6.07) is -0.326. The zero-order valence-electron chi connectivity index (χ0n) is 16.8. The molecular weight excluding hydrogens is 344 g/mol. The van der Waals surface area contributed by atoms with Gasteiger partial charge in [-0.2, -0.15) is 0 Å². The van der Waals surface area contributed by atoms with E-state index in [-0.39, 0.29) is 30.8 Å². The predicted octanol–water partition coefficient (Wildman–Crippen LogP) is 1.82. The van der Waals surface area contributed by atoms with Gasteiger partial charge in [0.05, 0.1) is 0 Å². The molecule has 3 aliphatic rings. The molecule has 1 aliphatic carbocycles. The SMILES string of the molecule is CC(C)CCN1CCN(C(=O)CCN2C(=O)NC3(CCCCC3)C2=O)CC1. The third kappa shape index (κ3) is 4.62. The zero-order chi connectivity index (χ0) is 19.4. The van der Waals surface area contributed by atoms with E-state index < -0.39 is 5.54 Å². The van der Waals surface area contributed by atoms with E-state index in [0.717, 1.165) is 64.8 Å². The normalized spacial score (nSPS) is 23.4. The topological polar surface area (TPSA) is 73.0 Å². The fourth-order valence-corrected chi connectivity index (χ4v) is 4.40. The van der Waals surface area contributed by atoms with Gasteiger partial charge in [-0.3, -0.25) is 19.4 Å². The molecule has 2 aliphatic heterocycles. The molecule has 2 saturated heterocycles. The largest absolute Gasteiger partial charge is 0.340 e. The second-order valence-corrected chi connectivity index (χ2v) is 8.68. The van der Waals surface area contributed by atoms with Crippen LogP contribution in [0.5, 0.6) is 0 Å². The van der Waals surface area contributed by atoms with Gasteiger partial charge in [0, 0.05) is 39.1 Å². The van der Waals surface area contributed by atoms with Gasteiger partial charge in [-0.1, -0.05) is 33.1 Å². The van der Waals surface area contributed by atoms with Crippen molar-refractivity contribution < 1.29 is 14.4 Å². The molecule has 0 aromatic heterocycles. The van der Waals surface area contributed by atoms with Crippen molar-refractivity contribution in [2.75, 3.05) is 39.3 Å². The van der Waals surface area contributed by atoms with Gasteiger partial charge in [-0.05, 0) is 31.7 Å². The standard InChI is InChI=1S/C20H34N4O3/c1-16(2)6-10-22-12-14-23(15-13-22)17(25)7-11-24-18(26)20(21-19(24)27)8-4-3-5-9-20/h16H,3-15H2,1-2H3,(H,21,27). The van der Waals surface area contributed by atoms with Gasteiger partial charge in [0.25, 0.3) is 5.91 Å². The first-order chi connectivity index (χ1) is 12.9. The molecule has 0 bridgehead atoms. The summed E-state index contributed by atoms with van der Waals surface area (Å²) in [6.45, 7) is 9.03. The highest BCUT2D eigenvalue weighted by Crippen LogP contribution is 2.33. The van der Waals surface area contributed by atoms with Gasteiger partial charge < -0.3 is 10.2 Å². The lowest BCUT2D eigenvalue weighted by molar-refractivity contribution is -0.135. The fourth-order valence-electron chi connectivity index (χ4n) is 4.40. The van der Waals surface area contributed by atoms with Crippen LogP contribution in [0.3, 0.4) is 0 Å². The maximum Gasteiger partial charge on any atom is 0.325 e. The van der Waals surface area contributed by atoms with Crippen molar-refractivity contribution in [3.8, 4) is 0 Å². The monoisotopic (exact) mass is 378 g/mol. The van der Waals surface area contributed by atoms with Crippen LogP contribution in [-0.4, -0.2) is 77.4 Å². The number of rotatable bonds is 6. The third-order valence-electron chi connectivity index (χ3n) is 6.25. The predicted molar refractivity (Wildman–Crippen MR) is 103 cm³/mol. The number of amides is 4. The molecule has 1 saturated carbocycles. The second-order valence-electron chi connectivity index (χ2n) is 8.68. The first-order valence-corrected chi connectivity index (χ1v) is 10.6. The summed E-state index contributed by atoms with van der Waals surface area (Å²) in [6.07, 6.45) is 5.91. The van der Waals surface area contributed by atoms with Crippen LogP contribution in [0, 0.1) is 5.92 Å². The van der Waals surface area contributed by atoms with Crippen molar-refractivity contribution in [1.82, 2.24) is 20.0 Å². The quantitative estimate of drug-likeness (QED) is 0.716. The lowest BCUT2D eigenvalue weighted by Crippen LogP contribution is -2.50. The van der Waals surface area contributed by atoms with Crippen molar-refractivity contribution in [2.24, 2.45) is 5.92 Å². The number of carbonyl (C=O) groups excluding carboxylic acids is 3. The molecule has 0 unspecified atom stereocenters. The highest BCUT2D eigenvalue weighted by molar-refractivity contribution is 6.07. The summed E-state index contributed by atoms with van der Waals surface area (Å²) in [4.78, 5) is 43.1. The average molecular weight is 379 g/mol. The Bertz CT molecular complexity index is 564. The number of urea groups is 1. The molecule has 7 heteroatoms. The maximum absolute atomic E-state index is 12.8. The molecule has 152 valence electrons. The minimum absolute atomic E-state index is 0.0451. The molecule has 27 heavy (non-hydrogen) atoms. The number of imide groups is 1. The average Bonchev–Trinajstić information content (AvgIpc) is 2.88. The van der Waals surface area contributed by atoms with Crippen molar-refractivity contribution in [3.63, 3.8) is 0 Å².